The van der Waals surface area contributed by atoms with Gasteiger partial charge in [0.05, 0.1) is 12.2 Å². The van der Waals surface area contributed by atoms with Crippen LogP contribution in [-0.2, 0) is 15.1 Å². The number of esters is 1. The van der Waals surface area contributed by atoms with Gasteiger partial charge in [0.1, 0.15) is 11.5 Å². The molecule has 2 aromatic rings. The van der Waals surface area contributed by atoms with E-state index in [1.165, 1.54) is 0 Å². The van der Waals surface area contributed by atoms with Crippen molar-refractivity contribution in [2.45, 2.75) is 45.1 Å². The van der Waals surface area contributed by atoms with Crippen molar-refractivity contribution in [3.05, 3.63) is 59.1 Å². The summed E-state index contributed by atoms with van der Waals surface area (Å²) in [5.41, 5.74) is -0.338. The van der Waals surface area contributed by atoms with E-state index in [1.54, 1.807) is 43.3 Å². The van der Waals surface area contributed by atoms with Crippen LogP contribution in [0.15, 0.2) is 48.5 Å². The summed E-state index contributed by atoms with van der Waals surface area (Å²) in [5, 5.41) is 11.3. The first-order valence-electron chi connectivity index (χ1n) is 8.82. The summed E-state index contributed by atoms with van der Waals surface area (Å²) in [7, 11) is 0. The van der Waals surface area contributed by atoms with Gasteiger partial charge in [0.25, 0.3) is 0 Å². The summed E-state index contributed by atoms with van der Waals surface area (Å²) >= 11 is 5.86. The van der Waals surface area contributed by atoms with Crippen molar-refractivity contribution in [2.75, 3.05) is 6.61 Å². The predicted molar refractivity (Wildman–Crippen MR) is 103 cm³/mol. The van der Waals surface area contributed by atoms with Gasteiger partial charge in [-0.15, -0.1) is 0 Å². The number of carbonyl (C=O) groups excluding carboxylic acids is 1. The summed E-state index contributed by atoms with van der Waals surface area (Å²) in [4.78, 5) is 11.5. The Bertz CT molecular complexity index is 693. The van der Waals surface area contributed by atoms with E-state index in [9.17, 15) is 9.90 Å². The molecular weight excluding hydrogens is 352 g/mol. The summed E-state index contributed by atoms with van der Waals surface area (Å²) in [6.07, 6.45) is 2.54. The lowest BCUT2D eigenvalue weighted by Gasteiger charge is -2.24. The average molecular weight is 377 g/mol. The molecule has 2 aromatic carbocycles. The molecule has 0 saturated carbocycles. The fourth-order valence-corrected chi connectivity index (χ4v) is 2.55. The van der Waals surface area contributed by atoms with Crippen molar-refractivity contribution in [1.29, 1.82) is 0 Å². The second-order valence-electron chi connectivity index (χ2n) is 6.43. The largest absolute Gasteiger partial charge is 0.466 e. The molecule has 1 atom stereocenters. The van der Waals surface area contributed by atoms with Crippen LogP contribution in [0.4, 0.5) is 0 Å². The Morgan fingerprint density at radius 3 is 2.23 bits per heavy atom. The second-order valence-corrected chi connectivity index (χ2v) is 6.86. The van der Waals surface area contributed by atoms with E-state index < -0.39 is 5.60 Å². The second kappa shape index (κ2) is 9.60. The summed E-state index contributed by atoms with van der Waals surface area (Å²) < 4.78 is 10.9. The van der Waals surface area contributed by atoms with Gasteiger partial charge in [0, 0.05) is 17.9 Å². The number of hydrogen-bond acceptors (Lipinski definition) is 4. The molecule has 2 rings (SSSR count). The van der Waals surface area contributed by atoms with E-state index in [4.69, 9.17) is 21.1 Å². The first kappa shape index (κ1) is 20.3. The average Bonchev–Trinajstić information content (AvgIpc) is 2.62. The maximum Gasteiger partial charge on any atom is 0.305 e. The van der Waals surface area contributed by atoms with Crippen molar-refractivity contribution < 1.29 is 19.4 Å². The molecule has 0 amide bonds. The number of ether oxygens (including phenoxy) is 2. The van der Waals surface area contributed by atoms with Gasteiger partial charge in [0.2, 0.25) is 0 Å². The molecule has 0 radical (unpaired) electrons. The van der Waals surface area contributed by atoms with Crippen molar-refractivity contribution in [2.24, 2.45) is 0 Å². The highest BCUT2D eigenvalue weighted by atomic mass is 35.5. The molecular formula is C21H25ClO4. The molecule has 0 aliphatic carbocycles. The van der Waals surface area contributed by atoms with Crippen molar-refractivity contribution in [3.63, 3.8) is 0 Å². The van der Waals surface area contributed by atoms with Crippen LogP contribution in [0.2, 0.25) is 5.02 Å². The smallest absolute Gasteiger partial charge is 0.305 e. The van der Waals surface area contributed by atoms with Gasteiger partial charge < -0.3 is 14.6 Å². The van der Waals surface area contributed by atoms with E-state index in [0.717, 1.165) is 18.4 Å². The van der Waals surface area contributed by atoms with Crippen LogP contribution in [0.1, 0.15) is 45.1 Å². The highest BCUT2D eigenvalue weighted by Gasteiger charge is 2.23. The number of rotatable bonds is 9. The molecule has 0 fully saturated rings. The van der Waals surface area contributed by atoms with Crippen LogP contribution < -0.4 is 4.74 Å². The van der Waals surface area contributed by atoms with E-state index in [1.807, 2.05) is 19.1 Å². The van der Waals surface area contributed by atoms with Crippen molar-refractivity contribution >= 4 is 17.6 Å². The Hall–Kier alpha value is -2.04. The van der Waals surface area contributed by atoms with Gasteiger partial charge in [-0.2, -0.15) is 0 Å². The molecule has 0 heterocycles. The van der Waals surface area contributed by atoms with E-state index >= 15 is 0 Å². The lowest BCUT2D eigenvalue weighted by molar-refractivity contribution is -0.145. The molecule has 1 N–H and O–H groups in total. The Morgan fingerprint density at radius 1 is 1.08 bits per heavy atom. The molecule has 26 heavy (non-hydrogen) atoms. The van der Waals surface area contributed by atoms with E-state index in [0.29, 0.717) is 29.4 Å². The van der Waals surface area contributed by atoms with Gasteiger partial charge in [0.15, 0.2) is 0 Å². The predicted octanol–water partition coefficient (Wildman–Crippen LogP) is 5.46. The van der Waals surface area contributed by atoms with Crippen molar-refractivity contribution in [1.82, 2.24) is 0 Å². The van der Waals surface area contributed by atoms with E-state index in [2.05, 4.69) is 0 Å². The van der Waals surface area contributed by atoms with Crippen LogP contribution in [0.5, 0.6) is 11.5 Å². The minimum Gasteiger partial charge on any atom is -0.466 e. The molecule has 0 aliphatic heterocycles. The van der Waals surface area contributed by atoms with Crippen LogP contribution in [-0.4, -0.2) is 17.7 Å². The summed E-state index contributed by atoms with van der Waals surface area (Å²) in [5.74, 6) is 1.14. The molecule has 4 nitrogen and oxygen atoms in total. The monoisotopic (exact) mass is 376 g/mol. The van der Waals surface area contributed by atoms with Crippen LogP contribution in [0, 0.1) is 0 Å². The zero-order chi connectivity index (χ0) is 19.0. The van der Waals surface area contributed by atoms with Crippen LogP contribution >= 0.6 is 11.6 Å². The number of benzene rings is 2. The maximum absolute atomic E-state index is 11.5. The molecule has 0 spiro atoms. The first-order valence-corrected chi connectivity index (χ1v) is 9.20. The highest BCUT2D eigenvalue weighted by molar-refractivity contribution is 6.30. The highest BCUT2D eigenvalue weighted by Crippen LogP contribution is 2.28. The minimum absolute atomic E-state index is 0.193. The van der Waals surface area contributed by atoms with Gasteiger partial charge in [-0.25, -0.2) is 0 Å². The number of halogens is 1. The minimum atomic E-state index is -1.08. The SMILES string of the molecule is CCCCC(=O)OCCC(C)(O)c1ccc(Oc2ccc(Cl)cc2)cc1. The number of unbranched alkanes of at least 4 members (excludes halogenated alkanes) is 1. The van der Waals surface area contributed by atoms with Crippen LogP contribution in [0.3, 0.4) is 0 Å². The Kier molecular flexibility index (Phi) is 7.49. The Balaban J connectivity index is 1.89. The number of carbonyl (C=O) groups is 1. The molecule has 0 aliphatic rings. The fourth-order valence-electron chi connectivity index (χ4n) is 2.42. The third kappa shape index (κ3) is 6.36. The fraction of sp³-hybridized carbons (Fsp3) is 0.381. The third-order valence-corrected chi connectivity index (χ3v) is 4.36. The zero-order valence-electron chi connectivity index (χ0n) is 15.2. The van der Waals surface area contributed by atoms with E-state index in [-0.39, 0.29) is 12.6 Å². The van der Waals surface area contributed by atoms with Crippen molar-refractivity contribution in [3.8, 4) is 11.5 Å². The Morgan fingerprint density at radius 2 is 1.65 bits per heavy atom. The molecule has 0 aromatic heterocycles. The number of aliphatic hydroxyl groups is 1. The van der Waals surface area contributed by atoms with Gasteiger partial charge >= 0.3 is 5.97 Å². The lowest BCUT2D eigenvalue weighted by atomic mass is 9.93. The third-order valence-electron chi connectivity index (χ3n) is 4.11. The molecule has 0 bridgehead atoms. The summed E-state index contributed by atoms with van der Waals surface area (Å²) in [6.45, 7) is 3.93. The quantitative estimate of drug-likeness (QED) is 0.590. The Labute approximate surface area is 159 Å². The zero-order valence-corrected chi connectivity index (χ0v) is 16.0. The molecule has 0 saturated heterocycles. The number of hydrogen-bond donors (Lipinski definition) is 1. The van der Waals surface area contributed by atoms with Gasteiger partial charge in [-0.1, -0.05) is 37.1 Å². The van der Waals surface area contributed by atoms with Gasteiger partial charge in [-0.05, 0) is 55.3 Å². The molecule has 5 heteroatoms. The first-order chi connectivity index (χ1) is 12.4. The normalized spacial score (nSPS) is 13.1. The topological polar surface area (TPSA) is 55.8 Å². The lowest BCUT2D eigenvalue weighted by Crippen LogP contribution is -2.24. The summed E-state index contributed by atoms with van der Waals surface area (Å²) in [6, 6.07) is 14.3. The maximum atomic E-state index is 11.5. The van der Waals surface area contributed by atoms with Gasteiger partial charge in [-0.3, -0.25) is 4.79 Å². The standard InChI is InChI=1S/C21H25ClO4/c1-3-4-5-20(23)25-15-14-21(2,24)16-6-10-18(11-7-16)26-19-12-8-17(22)9-13-19/h6-13,24H,3-5,14-15H2,1-2H3. The molecule has 140 valence electrons. The molecule has 1 unspecified atom stereocenters. The van der Waals surface area contributed by atoms with Crippen LogP contribution in [0.25, 0.3) is 0 Å².